The minimum absolute atomic E-state index is 0.0236. The van der Waals surface area contributed by atoms with Crippen molar-refractivity contribution in [2.75, 3.05) is 32.7 Å². The maximum Gasteiger partial charge on any atom is 0.278 e. The highest BCUT2D eigenvalue weighted by molar-refractivity contribution is 7.91. The van der Waals surface area contributed by atoms with E-state index in [-0.39, 0.29) is 11.9 Å². The molecule has 6 nitrogen and oxygen atoms in total. The average Bonchev–Trinajstić information content (AvgIpc) is 3.24. The van der Waals surface area contributed by atoms with E-state index in [0.717, 1.165) is 11.3 Å². The van der Waals surface area contributed by atoms with E-state index in [9.17, 15) is 13.2 Å². The van der Waals surface area contributed by atoms with Crippen LogP contribution in [0.1, 0.15) is 12.5 Å². The molecule has 0 saturated carbocycles. The molecule has 2 aromatic rings. The lowest BCUT2D eigenvalue weighted by molar-refractivity contribution is -0.917. The third-order valence-electron chi connectivity index (χ3n) is 5.02. The highest BCUT2D eigenvalue weighted by atomic mass is 32.2. The summed E-state index contributed by atoms with van der Waals surface area (Å²) in [6.07, 6.45) is 0.807. The van der Waals surface area contributed by atoms with E-state index in [0.29, 0.717) is 36.9 Å². The van der Waals surface area contributed by atoms with Crippen molar-refractivity contribution in [2.24, 2.45) is 0 Å². The van der Waals surface area contributed by atoms with Crippen LogP contribution in [0.2, 0.25) is 0 Å². The molecule has 0 radical (unpaired) electrons. The quantitative estimate of drug-likeness (QED) is 0.696. The van der Waals surface area contributed by atoms with Crippen molar-refractivity contribution < 1.29 is 18.1 Å². The molecule has 1 amide bonds. The van der Waals surface area contributed by atoms with Crippen molar-refractivity contribution in [3.63, 3.8) is 0 Å². The van der Waals surface area contributed by atoms with Crippen LogP contribution >= 0.6 is 11.3 Å². The van der Waals surface area contributed by atoms with E-state index in [4.69, 9.17) is 0 Å². The third-order valence-corrected chi connectivity index (χ3v) is 8.29. The number of thiophene rings is 1. The Morgan fingerprint density at radius 3 is 2.52 bits per heavy atom. The van der Waals surface area contributed by atoms with Crippen LogP contribution in [0.5, 0.6) is 0 Å². The molecule has 0 spiro atoms. The Labute approximate surface area is 164 Å². The fourth-order valence-corrected chi connectivity index (χ4v) is 5.88. The number of nitrogens with zero attached hydrogens (tertiary/aromatic N) is 1. The summed E-state index contributed by atoms with van der Waals surface area (Å²) in [5, 5.41) is 4.78. The summed E-state index contributed by atoms with van der Waals surface area (Å²) in [5.74, 6) is 0.0236. The molecule has 0 unspecified atom stereocenters. The number of nitrogens with one attached hydrogen (secondary N) is 2. The predicted octanol–water partition coefficient (Wildman–Crippen LogP) is 0.385. The highest BCUT2D eigenvalue weighted by Crippen LogP contribution is 2.20. The predicted molar refractivity (Wildman–Crippen MR) is 106 cm³/mol. The number of benzene rings is 1. The van der Waals surface area contributed by atoms with Gasteiger partial charge in [-0.1, -0.05) is 36.4 Å². The molecule has 1 saturated heterocycles. The molecule has 0 bridgehead atoms. The molecule has 1 aliphatic heterocycles. The summed E-state index contributed by atoms with van der Waals surface area (Å²) < 4.78 is 27.1. The molecule has 2 N–H and O–H groups in total. The molecular weight excluding hydrogens is 382 g/mol. The van der Waals surface area contributed by atoms with Crippen molar-refractivity contribution in [3.8, 4) is 0 Å². The van der Waals surface area contributed by atoms with E-state index in [1.165, 1.54) is 21.2 Å². The van der Waals surface area contributed by atoms with Gasteiger partial charge in [0.15, 0.2) is 6.04 Å². The molecule has 27 heavy (non-hydrogen) atoms. The van der Waals surface area contributed by atoms with Crippen LogP contribution in [0.25, 0.3) is 0 Å². The fourth-order valence-electron chi connectivity index (χ4n) is 3.30. The van der Waals surface area contributed by atoms with Gasteiger partial charge in [-0.15, -0.1) is 11.3 Å². The van der Waals surface area contributed by atoms with Crippen LogP contribution < -0.4 is 10.2 Å². The van der Waals surface area contributed by atoms with Gasteiger partial charge >= 0.3 is 0 Å². The van der Waals surface area contributed by atoms with E-state index in [1.54, 1.807) is 17.5 Å². The number of hydrogen-bond acceptors (Lipinski definition) is 4. The number of quaternary nitrogens is 1. The number of piperazine rings is 1. The van der Waals surface area contributed by atoms with Crippen LogP contribution in [-0.4, -0.2) is 57.4 Å². The topological polar surface area (TPSA) is 70.9 Å². The second-order valence-corrected chi connectivity index (χ2v) is 9.86. The number of amides is 1. The summed E-state index contributed by atoms with van der Waals surface area (Å²) in [5.41, 5.74) is 1.20. The first-order valence-electron chi connectivity index (χ1n) is 9.18. The van der Waals surface area contributed by atoms with Gasteiger partial charge in [0.25, 0.3) is 15.9 Å². The Balaban J connectivity index is 1.46. The number of sulfonamides is 1. The summed E-state index contributed by atoms with van der Waals surface area (Å²) in [7, 11) is -3.39. The lowest BCUT2D eigenvalue weighted by Crippen LogP contribution is -3.19. The number of carbonyl (C=O) groups excluding carboxylic acids is 1. The van der Waals surface area contributed by atoms with Crippen molar-refractivity contribution in [1.29, 1.82) is 0 Å². The SMILES string of the molecule is C[C@H](C(=O)NCCc1ccccc1)[NH+]1CCN(S(=O)(=O)c2cccs2)CC1. The minimum atomic E-state index is -3.39. The molecule has 8 heteroatoms. The summed E-state index contributed by atoms with van der Waals surface area (Å²) in [6, 6.07) is 13.3. The molecule has 2 heterocycles. The molecular formula is C19H26N3O3S2+. The minimum Gasteiger partial charge on any atom is -0.351 e. The molecule has 3 rings (SSSR count). The highest BCUT2D eigenvalue weighted by Gasteiger charge is 2.34. The van der Waals surface area contributed by atoms with Gasteiger partial charge in [0.05, 0.1) is 26.2 Å². The Morgan fingerprint density at radius 1 is 1.19 bits per heavy atom. The van der Waals surface area contributed by atoms with E-state index in [1.807, 2.05) is 37.3 Å². The first kappa shape index (κ1) is 20.0. The zero-order valence-electron chi connectivity index (χ0n) is 15.4. The Kier molecular flexibility index (Phi) is 6.64. The van der Waals surface area contributed by atoms with Gasteiger partial charge in [0.2, 0.25) is 0 Å². The van der Waals surface area contributed by atoms with Crippen LogP contribution in [-0.2, 0) is 21.2 Å². The number of carbonyl (C=O) groups is 1. The van der Waals surface area contributed by atoms with Gasteiger partial charge in [0.1, 0.15) is 4.21 Å². The van der Waals surface area contributed by atoms with Crippen molar-refractivity contribution >= 4 is 27.3 Å². The second-order valence-electron chi connectivity index (χ2n) is 6.74. The van der Waals surface area contributed by atoms with Gasteiger partial charge in [-0.2, -0.15) is 4.31 Å². The maximum absolute atomic E-state index is 12.6. The molecule has 1 fully saturated rings. The van der Waals surface area contributed by atoms with Crippen LogP contribution in [0.15, 0.2) is 52.1 Å². The first-order valence-corrected chi connectivity index (χ1v) is 11.5. The summed E-state index contributed by atoms with van der Waals surface area (Å²) in [4.78, 5) is 13.6. The zero-order chi connectivity index (χ0) is 19.3. The van der Waals surface area contributed by atoms with Gasteiger partial charge in [-0.05, 0) is 30.4 Å². The summed E-state index contributed by atoms with van der Waals surface area (Å²) >= 11 is 1.24. The van der Waals surface area contributed by atoms with Crippen LogP contribution in [0.3, 0.4) is 0 Å². The van der Waals surface area contributed by atoms with E-state index >= 15 is 0 Å². The zero-order valence-corrected chi connectivity index (χ0v) is 17.1. The monoisotopic (exact) mass is 408 g/mol. The number of hydrogen-bond donors (Lipinski definition) is 2. The van der Waals surface area contributed by atoms with Crippen molar-refractivity contribution in [3.05, 3.63) is 53.4 Å². The third kappa shape index (κ3) is 4.95. The Bertz CT molecular complexity index is 830. The molecule has 1 aliphatic rings. The largest absolute Gasteiger partial charge is 0.351 e. The average molecular weight is 409 g/mol. The van der Waals surface area contributed by atoms with Gasteiger partial charge in [-0.3, -0.25) is 4.79 Å². The first-order chi connectivity index (χ1) is 13.0. The van der Waals surface area contributed by atoms with Crippen molar-refractivity contribution in [2.45, 2.75) is 23.6 Å². The molecule has 146 valence electrons. The second kappa shape index (κ2) is 8.97. The standard InChI is InChI=1S/C19H25N3O3S2/c1-16(19(23)20-10-9-17-6-3-2-4-7-17)21-11-13-22(14-12-21)27(24,25)18-8-5-15-26-18/h2-8,15-16H,9-14H2,1H3,(H,20,23)/p+1/t16-/m1/s1. The van der Waals surface area contributed by atoms with Crippen molar-refractivity contribution in [1.82, 2.24) is 9.62 Å². The smallest absolute Gasteiger partial charge is 0.278 e. The van der Waals surface area contributed by atoms with E-state index < -0.39 is 10.0 Å². The Hall–Kier alpha value is -1.74. The fraction of sp³-hybridized carbons (Fsp3) is 0.421. The maximum atomic E-state index is 12.6. The molecule has 1 atom stereocenters. The van der Waals surface area contributed by atoms with Crippen LogP contribution in [0.4, 0.5) is 0 Å². The van der Waals surface area contributed by atoms with E-state index in [2.05, 4.69) is 5.32 Å². The molecule has 0 aliphatic carbocycles. The summed E-state index contributed by atoms with van der Waals surface area (Å²) in [6.45, 7) is 4.68. The number of rotatable bonds is 7. The molecule has 1 aromatic heterocycles. The normalized spacial score (nSPS) is 17.5. The van der Waals surface area contributed by atoms with Crippen LogP contribution in [0, 0.1) is 0 Å². The lowest BCUT2D eigenvalue weighted by Gasteiger charge is -2.33. The Morgan fingerprint density at radius 2 is 1.89 bits per heavy atom. The van der Waals surface area contributed by atoms with Gasteiger partial charge in [0, 0.05) is 6.54 Å². The van der Waals surface area contributed by atoms with Gasteiger partial charge in [-0.25, -0.2) is 8.42 Å². The lowest BCUT2D eigenvalue weighted by atomic mass is 10.1. The van der Waals surface area contributed by atoms with Gasteiger partial charge < -0.3 is 10.2 Å². The molecule has 1 aromatic carbocycles.